The molecule has 0 aliphatic heterocycles. The zero-order valence-electron chi connectivity index (χ0n) is 10.2. The van der Waals surface area contributed by atoms with Crippen molar-refractivity contribution in [2.24, 2.45) is 0 Å². The van der Waals surface area contributed by atoms with Gasteiger partial charge in [0.05, 0.1) is 10.5 Å². The third kappa shape index (κ3) is 2.90. The molecule has 0 amide bonds. The molecule has 0 saturated carbocycles. The summed E-state index contributed by atoms with van der Waals surface area (Å²) in [6.07, 6.45) is 2.53. The van der Waals surface area contributed by atoms with Gasteiger partial charge in [-0.2, -0.15) is 0 Å². The van der Waals surface area contributed by atoms with E-state index >= 15 is 0 Å². The molecule has 0 saturated heterocycles. The number of hydrogen-bond acceptors (Lipinski definition) is 2. The van der Waals surface area contributed by atoms with Gasteiger partial charge in [-0.25, -0.2) is 0 Å². The molecular formula is C15H12BrNO2. The Morgan fingerprint density at radius 3 is 2.68 bits per heavy atom. The Balaban J connectivity index is 2.56. The monoisotopic (exact) mass is 317 g/mol. The number of nitrogens with zero attached hydrogens (tertiary/aromatic N) is 1. The summed E-state index contributed by atoms with van der Waals surface area (Å²) in [4.78, 5) is 10.7. The van der Waals surface area contributed by atoms with Gasteiger partial charge in [-0.15, -0.1) is 6.58 Å². The molecule has 0 bridgehead atoms. The Bertz CT molecular complexity index is 638. The van der Waals surface area contributed by atoms with Gasteiger partial charge >= 0.3 is 0 Å². The number of nitro benzene ring substituents is 1. The van der Waals surface area contributed by atoms with Gasteiger partial charge in [-0.05, 0) is 35.7 Å². The Morgan fingerprint density at radius 2 is 2.00 bits per heavy atom. The molecule has 0 aromatic heterocycles. The van der Waals surface area contributed by atoms with Crippen molar-refractivity contribution in [1.29, 1.82) is 0 Å². The summed E-state index contributed by atoms with van der Waals surface area (Å²) in [5.41, 5.74) is 2.65. The van der Waals surface area contributed by atoms with E-state index in [1.165, 1.54) is 6.07 Å². The van der Waals surface area contributed by atoms with Crippen molar-refractivity contribution in [3.05, 3.63) is 75.3 Å². The van der Waals surface area contributed by atoms with Crippen molar-refractivity contribution < 1.29 is 4.92 Å². The third-order valence-corrected chi connectivity index (χ3v) is 3.60. The molecule has 2 rings (SSSR count). The van der Waals surface area contributed by atoms with E-state index in [1.807, 2.05) is 24.3 Å². The van der Waals surface area contributed by atoms with E-state index in [0.29, 0.717) is 5.56 Å². The van der Waals surface area contributed by atoms with Crippen LogP contribution < -0.4 is 0 Å². The highest BCUT2D eigenvalue weighted by atomic mass is 79.9. The molecule has 0 heterocycles. The lowest BCUT2D eigenvalue weighted by molar-refractivity contribution is -0.384. The molecule has 2 aromatic carbocycles. The molecule has 0 aliphatic carbocycles. The second kappa shape index (κ2) is 5.80. The van der Waals surface area contributed by atoms with Crippen LogP contribution in [0.4, 0.5) is 5.69 Å². The summed E-state index contributed by atoms with van der Waals surface area (Å²) in [7, 11) is 0. The summed E-state index contributed by atoms with van der Waals surface area (Å²) < 4.78 is 0.981. The van der Waals surface area contributed by atoms with Crippen LogP contribution in [-0.4, -0.2) is 4.92 Å². The Morgan fingerprint density at radius 1 is 1.26 bits per heavy atom. The standard InChI is InChI=1S/C15H12BrNO2/c1-2-5-12-10-11(8-9-14(12)16)13-6-3-4-7-15(13)17(18)19/h2-4,6-10H,1,5H2. The number of benzene rings is 2. The molecule has 0 spiro atoms. The average molecular weight is 318 g/mol. The van der Waals surface area contributed by atoms with Crippen LogP contribution in [0, 0.1) is 10.1 Å². The molecule has 0 fully saturated rings. The van der Waals surface area contributed by atoms with E-state index in [1.54, 1.807) is 18.2 Å². The van der Waals surface area contributed by atoms with Gasteiger partial charge in [0, 0.05) is 10.5 Å². The van der Waals surface area contributed by atoms with E-state index in [4.69, 9.17) is 0 Å². The fourth-order valence-electron chi connectivity index (χ4n) is 1.93. The Hall–Kier alpha value is -1.94. The minimum Gasteiger partial charge on any atom is -0.258 e. The van der Waals surface area contributed by atoms with Gasteiger partial charge in [0.1, 0.15) is 0 Å². The molecule has 3 nitrogen and oxygen atoms in total. The van der Waals surface area contributed by atoms with Crippen molar-refractivity contribution in [2.75, 3.05) is 0 Å². The van der Waals surface area contributed by atoms with Gasteiger partial charge in [0.25, 0.3) is 5.69 Å². The summed E-state index contributed by atoms with van der Waals surface area (Å²) in [5, 5.41) is 11.1. The lowest BCUT2D eigenvalue weighted by Crippen LogP contribution is -1.92. The largest absolute Gasteiger partial charge is 0.277 e. The number of rotatable bonds is 4. The maximum atomic E-state index is 11.1. The zero-order valence-corrected chi connectivity index (χ0v) is 11.8. The predicted octanol–water partition coefficient (Wildman–Crippen LogP) is 4.75. The highest BCUT2D eigenvalue weighted by Crippen LogP contribution is 2.32. The van der Waals surface area contributed by atoms with Gasteiger partial charge in [0.2, 0.25) is 0 Å². The smallest absolute Gasteiger partial charge is 0.258 e. The van der Waals surface area contributed by atoms with Crippen LogP contribution in [-0.2, 0) is 6.42 Å². The van der Waals surface area contributed by atoms with Crippen LogP contribution in [0.2, 0.25) is 0 Å². The molecule has 2 aromatic rings. The van der Waals surface area contributed by atoms with Crippen molar-refractivity contribution in [1.82, 2.24) is 0 Å². The number of hydrogen-bond donors (Lipinski definition) is 0. The van der Waals surface area contributed by atoms with Crippen molar-refractivity contribution in [2.45, 2.75) is 6.42 Å². The lowest BCUT2D eigenvalue weighted by Gasteiger charge is -2.07. The van der Waals surface area contributed by atoms with Crippen LogP contribution >= 0.6 is 15.9 Å². The molecule has 4 heteroatoms. The average Bonchev–Trinajstić information content (AvgIpc) is 2.41. The first-order valence-corrected chi connectivity index (χ1v) is 6.56. The van der Waals surface area contributed by atoms with Crippen molar-refractivity contribution >= 4 is 21.6 Å². The first kappa shape index (κ1) is 13.5. The minimum atomic E-state index is -0.357. The van der Waals surface area contributed by atoms with E-state index < -0.39 is 0 Å². The molecule has 0 N–H and O–H groups in total. The summed E-state index contributed by atoms with van der Waals surface area (Å²) >= 11 is 3.47. The van der Waals surface area contributed by atoms with Crippen molar-refractivity contribution in [3.63, 3.8) is 0 Å². The van der Waals surface area contributed by atoms with Crippen LogP contribution in [0.25, 0.3) is 11.1 Å². The van der Waals surface area contributed by atoms with E-state index in [2.05, 4.69) is 22.5 Å². The highest BCUT2D eigenvalue weighted by Gasteiger charge is 2.14. The first-order valence-electron chi connectivity index (χ1n) is 5.76. The van der Waals surface area contributed by atoms with E-state index in [-0.39, 0.29) is 10.6 Å². The fraction of sp³-hybridized carbons (Fsp3) is 0.0667. The maximum absolute atomic E-state index is 11.1. The van der Waals surface area contributed by atoms with Gasteiger partial charge in [0.15, 0.2) is 0 Å². The summed E-state index contributed by atoms with van der Waals surface area (Å²) in [5.74, 6) is 0. The summed E-state index contributed by atoms with van der Waals surface area (Å²) in [6, 6.07) is 12.5. The fourth-order valence-corrected chi connectivity index (χ4v) is 2.34. The van der Waals surface area contributed by atoms with E-state index in [0.717, 1.165) is 22.0 Å². The Labute approximate surface area is 119 Å². The second-order valence-corrected chi connectivity index (χ2v) is 4.93. The third-order valence-electron chi connectivity index (χ3n) is 2.82. The second-order valence-electron chi connectivity index (χ2n) is 4.07. The topological polar surface area (TPSA) is 43.1 Å². The van der Waals surface area contributed by atoms with Crippen LogP contribution in [0.1, 0.15) is 5.56 Å². The molecule has 96 valence electrons. The zero-order chi connectivity index (χ0) is 13.8. The molecule has 0 aliphatic rings. The highest BCUT2D eigenvalue weighted by molar-refractivity contribution is 9.10. The quantitative estimate of drug-likeness (QED) is 0.464. The number of para-hydroxylation sites is 1. The molecule has 19 heavy (non-hydrogen) atoms. The first-order chi connectivity index (χ1) is 9.13. The predicted molar refractivity (Wildman–Crippen MR) is 80.1 cm³/mol. The number of allylic oxidation sites excluding steroid dienone is 1. The SMILES string of the molecule is C=CCc1cc(-c2ccccc2[N+](=O)[O-])ccc1Br. The Kier molecular flexibility index (Phi) is 4.12. The molecule has 0 unspecified atom stereocenters. The number of nitro groups is 1. The summed E-state index contributed by atoms with van der Waals surface area (Å²) in [6.45, 7) is 3.72. The lowest BCUT2D eigenvalue weighted by atomic mass is 10.0. The van der Waals surface area contributed by atoms with E-state index in [9.17, 15) is 10.1 Å². The maximum Gasteiger partial charge on any atom is 0.277 e. The van der Waals surface area contributed by atoms with Crippen LogP contribution in [0.5, 0.6) is 0 Å². The van der Waals surface area contributed by atoms with Crippen LogP contribution in [0.3, 0.4) is 0 Å². The van der Waals surface area contributed by atoms with Gasteiger partial charge in [-0.1, -0.05) is 40.2 Å². The van der Waals surface area contributed by atoms with Crippen LogP contribution in [0.15, 0.2) is 59.6 Å². The molecule has 0 radical (unpaired) electrons. The minimum absolute atomic E-state index is 0.120. The molecule has 0 atom stereocenters. The van der Waals surface area contributed by atoms with Gasteiger partial charge in [-0.3, -0.25) is 10.1 Å². The molecular weight excluding hydrogens is 306 g/mol. The van der Waals surface area contributed by atoms with Crippen molar-refractivity contribution in [3.8, 4) is 11.1 Å². The number of halogens is 1. The van der Waals surface area contributed by atoms with Gasteiger partial charge < -0.3 is 0 Å². The normalized spacial score (nSPS) is 10.2.